The molecule has 7 nitrogen and oxygen atoms in total. The number of hydrogen-bond donors (Lipinski definition) is 2. The molecular weight excluding hydrogens is 398 g/mol. The number of halogens is 1. The van der Waals surface area contributed by atoms with E-state index in [1.54, 1.807) is 4.68 Å². The zero-order valence-corrected chi connectivity index (χ0v) is 17.8. The van der Waals surface area contributed by atoms with Gasteiger partial charge in [-0.3, -0.25) is 4.68 Å². The van der Waals surface area contributed by atoms with Gasteiger partial charge in [-0.25, -0.2) is 9.97 Å². The van der Waals surface area contributed by atoms with Crippen molar-refractivity contribution in [2.24, 2.45) is 12.8 Å². The number of aryl methyl sites for hydroxylation is 2. The standard InChI is InChI=1S/C22H24ClN7/c1-11-5-15(19(23)17-10-29(2)28-20(11)17)16-8-26-22-21(16)25-9-18(27-22)30-13-3-4-14(30)7-12(24)6-13/h5,8-10,12-14H,3-4,6-7,24H2,1-2H3,(H,26,27). The Morgan fingerprint density at radius 3 is 2.70 bits per heavy atom. The molecule has 3 aromatic heterocycles. The molecule has 3 N–H and O–H groups in total. The molecule has 2 fully saturated rings. The van der Waals surface area contributed by atoms with Crippen LogP contribution in [0.5, 0.6) is 0 Å². The fraction of sp³-hybridized carbons (Fsp3) is 0.409. The summed E-state index contributed by atoms with van der Waals surface area (Å²) in [6.07, 6.45) is 10.3. The summed E-state index contributed by atoms with van der Waals surface area (Å²) in [5.74, 6) is 0.945. The van der Waals surface area contributed by atoms with Crippen LogP contribution in [0.25, 0.3) is 33.2 Å². The van der Waals surface area contributed by atoms with Crippen LogP contribution in [-0.4, -0.2) is 42.9 Å². The zero-order valence-electron chi connectivity index (χ0n) is 17.1. The number of H-pyrrole nitrogens is 1. The number of nitrogens with one attached hydrogen (secondary N) is 1. The Bertz CT molecular complexity index is 1280. The van der Waals surface area contributed by atoms with E-state index in [-0.39, 0.29) is 0 Å². The fourth-order valence-corrected chi connectivity index (χ4v) is 5.73. The zero-order chi connectivity index (χ0) is 20.6. The lowest BCUT2D eigenvalue weighted by atomic mass is 9.98. The number of benzene rings is 1. The summed E-state index contributed by atoms with van der Waals surface area (Å²) in [4.78, 5) is 15.5. The molecule has 0 spiro atoms. The van der Waals surface area contributed by atoms with Gasteiger partial charge in [-0.05, 0) is 44.2 Å². The molecule has 0 aliphatic carbocycles. The van der Waals surface area contributed by atoms with Crippen molar-refractivity contribution >= 4 is 39.5 Å². The van der Waals surface area contributed by atoms with Crippen LogP contribution < -0.4 is 10.6 Å². The smallest absolute Gasteiger partial charge is 0.159 e. The number of nitrogens with zero attached hydrogens (tertiary/aromatic N) is 5. The summed E-state index contributed by atoms with van der Waals surface area (Å²) < 4.78 is 1.80. The molecule has 2 unspecified atom stereocenters. The minimum Gasteiger partial charge on any atom is -0.349 e. The minimum absolute atomic E-state index is 0.306. The topological polar surface area (TPSA) is 88.6 Å². The predicted molar refractivity (Wildman–Crippen MR) is 120 cm³/mol. The number of hydrogen-bond acceptors (Lipinski definition) is 5. The van der Waals surface area contributed by atoms with E-state index in [1.807, 2.05) is 25.6 Å². The Labute approximate surface area is 179 Å². The van der Waals surface area contributed by atoms with Crippen LogP contribution >= 0.6 is 11.6 Å². The van der Waals surface area contributed by atoms with Gasteiger partial charge in [0.05, 0.1) is 16.7 Å². The second-order valence-electron chi connectivity index (χ2n) is 8.77. The molecule has 2 aliphatic rings. The average molecular weight is 422 g/mol. The highest BCUT2D eigenvalue weighted by molar-refractivity contribution is 6.38. The van der Waals surface area contributed by atoms with Crippen LogP contribution in [0.2, 0.25) is 5.02 Å². The highest BCUT2D eigenvalue weighted by atomic mass is 35.5. The molecule has 2 saturated heterocycles. The van der Waals surface area contributed by atoms with Crippen molar-refractivity contribution in [2.45, 2.75) is 50.7 Å². The first kappa shape index (κ1) is 18.2. The summed E-state index contributed by atoms with van der Waals surface area (Å²) in [7, 11) is 1.91. The van der Waals surface area contributed by atoms with E-state index in [4.69, 9.17) is 27.3 Å². The predicted octanol–water partition coefficient (Wildman–Crippen LogP) is 3.93. The number of aromatic amines is 1. The second kappa shape index (κ2) is 6.43. The largest absolute Gasteiger partial charge is 0.349 e. The number of nitrogens with two attached hydrogens (primary N) is 1. The maximum atomic E-state index is 6.80. The fourth-order valence-electron chi connectivity index (χ4n) is 5.44. The summed E-state index contributed by atoms with van der Waals surface area (Å²) >= 11 is 6.80. The van der Waals surface area contributed by atoms with Crippen molar-refractivity contribution in [3.05, 3.63) is 35.2 Å². The third kappa shape index (κ3) is 2.58. The Hall–Kier alpha value is -2.64. The Morgan fingerprint density at radius 2 is 1.93 bits per heavy atom. The quantitative estimate of drug-likeness (QED) is 0.512. The average Bonchev–Trinajstić information content (AvgIpc) is 3.38. The second-order valence-corrected chi connectivity index (χ2v) is 9.15. The lowest BCUT2D eigenvalue weighted by Crippen LogP contribution is -2.47. The van der Waals surface area contributed by atoms with Crippen molar-refractivity contribution in [3.8, 4) is 11.1 Å². The van der Waals surface area contributed by atoms with Gasteiger partial charge < -0.3 is 15.6 Å². The SMILES string of the molecule is Cc1cc(-c2c[nH]c3nc(N4C5CCC4CC(N)C5)cnc23)c(Cl)c2cn(C)nc12. The maximum Gasteiger partial charge on any atom is 0.159 e. The van der Waals surface area contributed by atoms with E-state index in [2.05, 4.69) is 28.0 Å². The van der Waals surface area contributed by atoms with Crippen LogP contribution in [0.3, 0.4) is 0 Å². The molecule has 5 heterocycles. The first-order valence-corrected chi connectivity index (χ1v) is 10.9. The lowest BCUT2D eigenvalue weighted by Gasteiger charge is -2.38. The third-order valence-corrected chi connectivity index (χ3v) is 7.14. The van der Waals surface area contributed by atoms with Gasteiger partial charge in [0.1, 0.15) is 11.3 Å². The van der Waals surface area contributed by atoms with Crippen LogP contribution in [0.4, 0.5) is 5.82 Å². The van der Waals surface area contributed by atoms with Gasteiger partial charge in [-0.2, -0.15) is 5.10 Å². The summed E-state index contributed by atoms with van der Waals surface area (Å²) in [6, 6.07) is 3.35. The maximum absolute atomic E-state index is 6.80. The first-order chi connectivity index (χ1) is 14.5. The number of aromatic nitrogens is 5. The van der Waals surface area contributed by atoms with E-state index in [0.717, 1.165) is 57.4 Å². The molecular formula is C22H24ClN7. The van der Waals surface area contributed by atoms with Crippen LogP contribution in [0.15, 0.2) is 24.7 Å². The lowest BCUT2D eigenvalue weighted by molar-refractivity contribution is 0.412. The summed E-state index contributed by atoms with van der Waals surface area (Å²) in [5, 5.41) is 6.18. The number of piperidine rings is 1. The molecule has 0 radical (unpaired) electrons. The normalized spacial score (nSPS) is 23.7. The molecule has 30 heavy (non-hydrogen) atoms. The van der Waals surface area contributed by atoms with Gasteiger partial charge in [0, 0.05) is 54.1 Å². The Morgan fingerprint density at radius 1 is 1.17 bits per heavy atom. The van der Waals surface area contributed by atoms with Crippen molar-refractivity contribution in [3.63, 3.8) is 0 Å². The van der Waals surface area contributed by atoms with Gasteiger partial charge in [-0.15, -0.1) is 0 Å². The molecule has 2 bridgehead atoms. The van der Waals surface area contributed by atoms with Crippen molar-refractivity contribution in [1.82, 2.24) is 24.7 Å². The van der Waals surface area contributed by atoms with Crippen LogP contribution in [0, 0.1) is 6.92 Å². The van der Waals surface area contributed by atoms with Crippen LogP contribution in [0.1, 0.15) is 31.2 Å². The van der Waals surface area contributed by atoms with Gasteiger partial charge in [0.15, 0.2) is 5.65 Å². The molecule has 8 heteroatoms. The molecule has 6 rings (SSSR count). The molecule has 0 saturated carbocycles. The minimum atomic E-state index is 0.306. The third-order valence-electron chi connectivity index (χ3n) is 6.73. The molecule has 0 amide bonds. The molecule has 2 aliphatic heterocycles. The van der Waals surface area contributed by atoms with E-state index >= 15 is 0 Å². The molecule has 4 aromatic rings. The first-order valence-electron chi connectivity index (χ1n) is 10.5. The van der Waals surface area contributed by atoms with Gasteiger partial charge >= 0.3 is 0 Å². The van der Waals surface area contributed by atoms with E-state index in [0.29, 0.717) is 23.1 Å². The molecule has 2 atom stereocenters. The van der Waals surface area contributed by atoms with Crippen LogP contribution in [-0.2, 0) is 7.05 Å². The van der Waals surface area contributed by atoms with Crippen molar-refractivity contribution < 1.29 is 0 Å². The highest BCUT2D eigenvalue weighted by Gasteiger charge is 2.40. The van der Waals surface area contributed by atoms with E-state index < -0.39 is 0 Å². The van der Waals surface area contributed by atoms with Gasteiger partial charge in [-0.1, -0.05) is 11.6 Å². The van der Waals surface area contributed by atoms with Gasteiger partial charge in [0.25, 0.3) is 0 Å². The number of fused-ring (bicyclic) bond motifs is 4. The molecule has 154 valence electrons. The number of rotatable bonds is 2. The monoisotopic (exact) mass is 421 g/mol. The summed E-state index contributed by atoms with van der Waals surface area (Å²) in [6.45, 7) is 2.06. The summed E-state index contributed by atoms with van der Waals surface area (Å²) in [5.41, 5.74) is 11.8. The number of anilines is 1. The Balaban J connectivity index is 1.44. The molecule has 1 aromatic carbocycles. The van der Waals surface area contributed by atoms with E-state index in [1.165, 1.54) is 12.8 Å². The van der Waals surface area contributed by atoms with Gasteiger partial charge in [0.2, 0.25) is 0 Å². The van der Waals surface area contributed by atoms with Crippen molar-refractivity contribution in [2.75, 3.05) is 4.90 Å². The van der Waals surface area contributed by atoms with E-state index in [9.17, 15) is 0 Å². The highest BCUT2D eigenvalue weighted by Crippen LogP contribution is 2.40. The van der Waals surface area contributed by atoms with Crippen molar-refractivity contribution in [1.29, 1.82) is 0 Å². The Kier molecular flexibility index (Phi) is 3.89.